The number of carbonyl (C=O) groups is 1. The average Bonchev–Trinajstić information content (AvgIpc) is 2.29. The number of nitrogens with zero attached hydrogens (tertiary/aromatic N) is 1. The smallest absolute Gasteiger partial charge is 0.248 e. The predicted molar refractivity (Wildman–Crippen MR) is 66.3 cm³/mol. The molecule has 0 radical (unpaired) electrons. The second-order valence-electron chi connectivity index (χ2n) is 3.93. The van der Waals surface area contributed by atoms with Crippen molar-refractivity contribution < 1.29 is 9.53 Å². The van der Waals surface area contributed by atoms with E-state index in [0.717, 1.165) is 38.8 Å². The molecule has 0 saturated heterocycles. The van der Waals surface area contributed by atoms with Gasteiger partial charge >= 0.3 is 0 Å². The molecule has 0 heterocycles. The minimum Gasteiger partial charge on any atom is -0.370 e. The molecular formula is C12H26N2O2. The summed E-state index contributed by atoms with van der Waals surface area (Å²) in [7, 11) is 0. The maximum atomic E-state index is 11.8. The van der Waals surface area contributed by atoms with E-state index in [9.17, 15) is 4.79 Å². The van der Waals surface area contributed by atoms with Gasteiger partial charge in [-0.05, 0) is 12.8 Å². The quantitative estimate of drug-likeness (QED) is 0.577. The molecule has 4 heteroatoms. The molecule has 96 valence electrons. The molecule has 0 atom stereocenters. The van der Waals surface area contributed by atoms with E-state index in [1.54, 1.807) is 0 Å². The van der Waals surface area contributed by atoms with Gasteiger partial charge in [-0.15, -0.1) is 0 Å². The summed E-state index contributed by atoms with van der Waals surface area (Å²) in [6.45, 7) is 7.06. The van der Waals surface area contributed by atoms with Gasteiger partial charge in [0.05, 0.1) is 6.61 Å². The summed E-state index contributed by atoms with van der Waals surface area (Å²) in [4.78, 5) is 13.7. The summed E-state index contributed by atoms with van der Waals surface area (Å²) in [6, 6.07) is 0. The van der Waals surface area contributed by atoms with Gasteiger partial charge in [0.1, 0.15) is 6.61 Å². The van der Waals surface area contributed by atoms with Crippen LogP contribution in [-0.2, 0) is 9.53 Å². The first kappa shape index (κ1) is 15.4. The van der Waals surface area contributed by atoms with E-state index < -0.39 is 0 Å². The Labute approximate surface area is 99.1 Å². The van der Waals surface area contributed by atoms with Gasteiger partial charge in [0.25, 0.3) is 0 Å². The van der Waals surface area contributed by atoms with E-state index in [1.807, 2.05) is 4.90 Å². The lowest BCUT2D eigenvalue weighted by Crippen LogP contribution is -2.36. The van der Waals surface area contributed by atoms with Crippen LogP contribution in [0.15, 0.2) is 0 Å². The van der Waals surface area contributed by atoms with Crippen LogP contribution in [0.2, 0.25) is 0 Å². The minimum absolute atomic E-state index is 0.0929. The molecule has 0 saturated carbocycles. The Morgan fingerprint density at radius 3 is 2.19 bits per heavy atom. The van der Waals surface area contributed by atoms with Gasteiger partial charge in [0, 0.05) is 19.6 Å². The molecule has 0 aliphatic carbocycles. The highest BCUT2D eigenvalue weighted by atomic mass is 16.5. The van der Waals surface area contributed by atoms with Gasteiger partial charge in [-0.2, -0.15) is 0 Å². The number of hydrogen-bond donors (Lipinski definition) is 1. The first-order chi connectivity index (χ1) is 7.76. The van der Waals surface area contributed by atoms with E-state index in [1.165, 1.54) is 0 Å². The monoisotopic (exact) mass is 230 g/mol. The molecule has 0 unspecified atom stereocenters. The van der Waals surface area contributed by atoms with Gasteiger partial charge in [-0.25, -0.2) is 0 Å². The van der Waals surface area contributed by atoms with E-state index in [2.05, 4.69) is 13.8 Å². The van der Waals surface area contributed by atoms with Crippen molar-refractivity contribution in [2.24, 2.45) is 5.73 Å². The van der Waals surface area contributed by atoms with Crippen molar-refractivity contribution in [2.75, 3.05) is 32.8 Å². The van der Waals surface area contributed by atoms with E-state index in [-0.39, 0.29) is 12.5 Å². The van der Waals surface area contributed by atoms with Crippen molar-refractivity contribution in [2.45, 2.75) is 39.5 Å². The summed E-state index contributed by atoms with van der Waals surface area (Å²) in [5.41, 5.74) is 5.30. The molecular weight excluding hydrogens is 204 g/mol. The van der Waals surface area contributed by atoms with Crippen LogP contribution in [-0.4, -0.2) is 43.7 Å². The maximum absolute atomic E-state index is 11.8. The molecule has 0 aliphatic rings. The van der Waals surface area contributed by atoms with Crippen LogP contribution in [0, 0.1) is 0 Å². The number of carbonyl (C=O) groups excluding carboxylic acids is 1. The number of rotatable bonds is 10. The van der Waals surface area contributed by atoms with E-state index in [0.29, 0.717) is 13.2 Å². The standard InChI is InChI=1S/C12H26N2O2/c1-3-5-8-14(9-6-4-2)12(15)11-16-10-7-13/h3-11,13H2,1-2H3. The topological polar surface area (TPSA) is 55.6 Å². The van der Waals surface area contributed by atoms with Gasteiger partial charge in [-0.1, -0.05) is 26.7 Å². The molecule has 0 aromatic heterocycles. The van der Waals surface area contributed by atoms with Crippen LogP contribution in [0.1, 0.15) is 39.5 Å². The number of unbranched alkanes of at least 4 members (excludes halogenated alkanes) is 2. The second kappa shape index (κ2) is 10.9. The molecule has 0 bridgehead atoms. The highest BCUT2D eigenvalue weighted by Crippen LogP contribution is 2.00. The predicted octanol–water partition coefficient (Wildman–Crippen LogP) is 1.39. The average molecular weight is 230 g/mol. The van der Waals surface area contributed by atoms with Gasteiger partial charge in [0.2, 0.25) is 5.91 Å². The van der Waals surface area contributed by atoms with Crippen molar-refractivity contribution in [1.82, 2.24) is 4.90 Å². The molecule has 0 aromatic carbocycles. The molecule has 4 nitrogen and oxygen atoms in total. The molecule has 0 aromatic rings. The summed E-state index contributed by atoms with van der Waals surface area (Å²) in [5.74, 6) is 0.0929. The lowest BCUT2D eigenvalue weighted by atomic mass is 10.2. The highest BCUT2D eigenvalue weighted by Gasteiger charge is 2.11. The fourth-order valence-corrected chi connectivity index (χ4v) is 1.39. The Morgan fingerprint density at radius 2 is 1.75 bits per heavy atom. The van der Waals surface area contributed by atoms with Crippen LogP contribution in [0.3, 0.4) is 0 Å². The van der Waals surface area contributed by atoms with Crippen molar-refractivity contribution >= 4 is 5.91 Å². The summed E-state index contributed by atoms with van der Waals surface area (Å²) >= 11 is 0. The second-order valence-corrected chi connectivity index (χ2v) is 3.93. The van der Waals surface area contributed by atoms with Crippen molar-refractivity contribution in [3.05, 3.63) is 0 Å². The molecule has 16 heavy (non-hydrogen) atoms. The zero-order valence-electron chi connectivity index (χ0n) is 10.7. The highest BCUT2D eigenvalue weighted by molar-refractivity contribution is 5.77. The first-order valence-corrected chi connectivity index (χ1v) is 6.31. The van der Waals surface area contributed by atoms with Crippen LogP contribution >= 0.6 is 0 Å². The Bertz CT molecular complexity index is 166. The molecule has 0 spiro atoms. The largest absolute Gasteiger partial charge is 0.370 e. The Kier molecular flexibility index (Phi) is 10.5. The van der Waals surface area contributed by atoms with Gasteiger partial charge in [0.15, 0.2) is 0 Å². The van der Waals surface area contributed by atoms with Crippen molar-refractivity contribution in [1.29, 1.82) is 0 Å². The third-order valence-corrected chi connectivity index (χ3v) is 2.40. The van der Waals surface area contributed by atoms with E-state index in [4.69, 9.17) is 10.5 Å². The Morgan fingerprint density at radius 1 is 1.19 bits per heavy atom. The normalized spacial score (nSPS) is 10.4. The summed E-state index contributed by atoms with van der Waals surface area (Å²) in [5, 5.41) is 0. The fraction of sp³-hybridized carbons (Fsp3) is 0.917. The number of nitrogens with two attached hydrogens (primary N) is 1. The van der Waals surface area contributed by atoms with Crippen molar-refractivity contribution in [3.63, 3.8) is 0 Å². The molecule has 2 N–H and O–H groups in total. The van der Waals surface area contributed by atoms with Gasteiger partial charge < -0.3 is 15.4 Å². The summed E-state index contributed by atoms with van der Waals surface area (Å²) < 4.78 is 5.17. The third kappa shape index (κ3) is 7.65. The fourth-order valence-electron chi connectivity index (χ4n) is 1.39. The minimum atomic E-state index is 0.0929. The Balaban J connectivity index is 3.88. The number of ether oxygens (including phenoxy) is 1. The summed E-state index contributed by atoms with van der Waals surface area (Å²) in [6.07, 6.45) is 4.35. The molecule has 0 fully saturated rings. The lowest BCUT2D eigenvalue weighted by molar-refractivity contribution is -0.136. The number of amides is 1. The van der Waals surface area contributed by atoms with Crippen LogP contribution in [0.5, 0.6) is 0 Å². The maximum Gasteiger partial charge on any atom is 0.248 e. The molecule has 0 aliphatic heterocycles. The molecule has 0 rings (SSSR count). The molecule has 1 amide bonds. The SMILES string of the molecule is CCCCN(CCCC)C(=O)COCCN. The van der Waals surface area contributed by atoms with Crippen molar-refractivity contribution in [3.8, 4) is 0 Å². The Hall–Kier alpha value is -0.610. The third-order valence-electron chi connectivity index (χ3n) is 2.40. The van der Waals surface area contributed by atoms with Crippen LogP contribution < -0.4 is 5.73 Å². The van der Waals surface area contributed by atoms with Gasteiger partial charge in [-0.3, -0.25) is 4.79 Å². The zero-order chi connectivity index (χ0) is 12.2. The van der Waals surface area contributed by atoms with Crippen LogP contribution in [0.25, 0.3) is 0 Å². The van der Waals surface area contributed by atoms with Crippen LogP contribution in [0.4, 0.5) is 0 Å². The van der Waals surface area contributed by atoms with E-state index >= 15 is 0 Å². The first-order valence-electron chi connectivity index (χ1n) is 6.31. The zero-order valence-corrected chi connectivity index (χ0v) is 10.7. The lowest BCUT2D eigenvalue weighted by Gasteiger charge is -2.22. The number of hydrogen-bond acceptors (Lipinski definition) is 3.